The molecule has 3 heteroatoms. The van der Waals surface area contributed by atoms with Gasteiger partial charge in [0, 0.05) is 23.8 Å². The molecule has 2 atom stereocenters. The molecular weight excluding hydrogens is 227 g/mol. The Balaban J connectivity index is 2.25. The van der Waals surface area contributed by atoms with Gasteiger partial charge >= 0.3 is 0 Å². The maximum atomic E-state index is 13.3. The second-order valence-corrected chi connectivity index (χ2v) is 5.56. The molecule has 1 heterocycles. The van der Waals surface area contributed by atoms with Crippen molar-refractivity contribution in [2.45, 2.75) is 51.7 Å². The molecule has 0 aliphatic carbocycles. The minimum atomic E-state index is -0.125. The van der Waals surface area contributed by atoms with Crippen molar-refractivity contribution in [1.82, 2.24) is 5.32 Å². The average molecular weight is 250 g/mol. The maximum Gasteiger partial charge on any atom is 0.123 e. The molecule has 2 nitrogen and oxygen atoms in total. The van der Waals surface area contributed by atoms with Crippen molar-refractivity contribution in [3.05, 3.63) is 29.6 Å². The van der Waals surface area contributed by atoms with E-state index in [0.29, 0.717) is 18.1 Å². The summed E-state index contributed by atoms with van der Waals surface area (Å²) in [5.41, 5.74) is 2.36. The highest BCUT2D eigenvalue weighted by Gasteiger charge is 2.31. The number of fused-ring (bicyclic) bond motifs is 1. The van der Waals surface area contributed by atoms with E-state index >= 15 is 0 Å². The van der Waals surface area contributed by atoms with E-state index < -0.39 is 0 Å². The standard InChI is InChI=1S/C15H23FN2/c1-10(2)18-14(7-11(3)17-4)9-12-8-13(16)5-6-15(12)18/h5-6,8,10-11,14,17H,7,9H2,1-4H3. The van der Waals surface area contributed by atoms with E-state index in [2.05, 4.69) is 31.0 Å². The number of nitrogens with zero attached hydrogens (tertiary/aromatic N) is 1. The summed E-state index contributed by atoms with van der Waals surface area (Å²) < 4.78 is 13.3. The highest BCUT2D eigenvalue weighted by molar-refractivity contribution is 5.60. The van der Waals surface area contributed by atoms with Crippen LogP contribution in [0.5, 0.6) is 0 Å². The Morgan fingerprint density at radius 2 is 2.11 bits per heavy atom. The van der Waals surface area contributed by atoms with Crippen molar-refractivity contribution >= 4 is 5.69 Å². The van der Waals surface area contributed by atoms with Gasteiger partial charge in [-0.25, -0.2) is 4.39 Å². The summed E-state index contributed by atoms with van der Waals surface area (Å²) >= 11 is 0. The van der Waals surface area contributed by atoms with Crippen LogP contribution >= 0.6 is 0 Å². The van der Waals surface area contributed by atoms with Gasteiger partial charge in [-0.15, -0.1) is 0 Å². The molecule has 18 heavy (non-hydrogen) atoms. The molecule has 1 aromatic rings. The van der Waals surface area contributed by atoms with Gasteiger partial charge in [0.2, 0.25) is 0 Å². The van der Waals surface area contributed by atoms with Gasteiger partial charge in [-0.2, -0.15) is 0 Å². The van der Waals surface area contributed by atoms with Crippen LogP contribution in [0.2, 0.25) is 0 Å². The fourth-order valence-corrected chi connectivity index (χ4v) is 2.94. The minimum absolute atomic E-state index is 0.125. The van der Waals surface area contributed by atoms with Crippen molar-refractivity contribution in [3.8, 4) is 0 Å². The van der Waals surface area contributed by atoms with Crippen molar-refractivity contribution < 1.29 is 4.39 Å². The molecule has 0 fully saturated rings. The number of anilines is 1. The number of halogens is 1. The summed E-state index contributed by atoms with van der Waals surface area (Å²) in [5.74, 6) is -0.125. The molecule has 0 saturated carbocycles. The van der Waals surface area contributed by atoms with E-state index in [1.165, 1.54) is 5.69 Å². The summed E-state index contributed by atoms with van der Waals surface area (Å²) in [7, 11) is 1.99. The van der Waals surface area contributed by atoms with Crippen molar-refractivity contribution in [2.24, 2.45) is 0 Å². The zero-order valence-corrected chi connectivity index (χ0v) is 11.7. The van der Waals surface area contributed by atoms with Gasteiger partial charge in [0.1, 0.15) is 5.82 Å². The average Bonchev–Trinajstić information content (AvgIpc) is 2.65. The molecule has 0 aromatic heterocycles. The predicted octanol–water partition coefficient (Wildman–Crippen LogP) is 2.96. The smallest absolute Gasteiger partial charge is 0.123 e. The lowest BCUT2D eigenvalue weighted by Gasteiger charge is -2.33. The molecule has 1 aromatic carbocycles. The molecule has 0 spiro atoms. The molecule has 100 valence electrons. The van der Waals surface area contributed by atoms with E-state index in [9.17, 15) is 4.39 Å². The monoisotopic (exact) mass is 250 g/mol. The Hall–Kier alpha value is -1.09. The van der Waals surface area contributed by atoms with Crippen molar-refractivity contribution in [3.63, 3.8) is 0 Å². The van der Waals surface area contributed by atoms with Gasteiger partial charge in [0.15, 0.2) is 0 Å². The van der Waals surface area contributed by atoms with E-state index in [0.717, 1.165) is 18.4 Å². The Morgan fingerprint density at radius 1 is 1.39 bits per heavy atom. The largest absolute Gasteiger partial charge is 0.365 e. The van der Waals surface area contributed by atoms with Crippen LogP contribution in [0.4, 0.5) is 10.1 Å². The minimum Gasteiger partial charge on any atom is -0.365 e. The molecule has 2 rings (SSSR count). The molecular formula is C15H23FN2. The molecule has 1 N–H and O–H groups in total. The Labute approximate surface area is 109 Å². The summed E-state index contributed by atoms with van der Waals surface area (Å²) in [6.45, 7) is 6.60. The van der Waals surface area contributed by atoms with E-state index in [-0.39, 0.29) is 5.82 Å². The normalized spacial score (nSPS) is 20.3. The molecule has 0 radical (unpaired) electrons. The lowest BCUT2D eigenvalue weighted by molar-refractivity contribution is 0.461. The molecule has 2 unspecified atom stereocenters. The van der Waals surface area contributed by atoms with Crippen LogP contribution in [0.3, 0.4) is 0 Å². The van der Waals surface area contributed by atoms with Gasteiger partial charge in [-0.1, -0.05) is 0 Å². The first-order chi connectivity index (χ1) is 8.52. The lowest BCUT2D eigenvalue weighted by Crippen LogP contribution is -2.41. The van der Waals surface area contributed by atoms with Crippen LogP contribution in [0.1, 0.15) is 32.8 Å². The van der Waals surface area contributed by atoms with Gasteiger partial charge in [-0.05, 0) is 64.4 Å². The second kappa shape index (κ2) is 5.27. The van der Waals surface area contributed by atoms with Crippen LogP contribution in [-0.2, 0) is 6.42 Å². The summed E-state index contributed by atoms with van der Waals surface area (Å²) in [5, 5.41) is 3.29. The van der Waals surface area contributed by atoms with Crippen LogP contribution in [0.25, 0.3) is 0 Å². The lowest BCUT2D eigenvalue weighted by atomic mass is 10.0. The second-order valence-electron chi connectivity index (χ2n) is 5.56. The third-order valence-corrected chi connectivity index (χ3v) is 3.84. The first kappa shape index (κ1) is 13.3. The molecule has 0 amide bonds. The van der Waals surface area contributed by atoms with Crippen LogP contribution < -0.4 is 10.2 Å². The predicted molar refractivity (Wildman–Crippen MR) is 74.6 cm³/mol. The SMILES string of the molecule is CNC(C)CC1Cc2cc(F)ccc2N1C(C)C. The van der Waals surface area contributed by atoms with Gasteiger partial charge in [-0.3, -0.25) is 0 Å². The number of hydrogen-bond donors (Lipinski definition) is 1. The van der Waals surface area contributed by atoms with Gasteiger partial charge in [0.05, 0.1) is 0 Å². The Kier molecular flexibility index (Phi) is 3.91. The molecule has 0 saturated heterocycles. The summed E-state index contributed by atoms with van der Waals surface area (Å²) in [6.07, 6.45) is 2.04. The van der Waals surface area contributed by atoms with E-state index in [1.54, 1.807) is 12.1 Å². The van der Waals surface area contributed by atoms with Crippen LogP contribution in [0, 0.1) is 5.82 Å². The zero-order chi connectivity index (χ0) is 13.3. The number of benzene rings is 1. The Morgan fingerprint density at radius 3 is 2.72 bits per heavy atom. The quantitative estimate of drug-likeness (QED) is 0.884. The molecule has 1 aliphatic rings. The number of nitrogens with one attached hydrogen (secondary N) is 1. The topological polar surface area (TPSA) is 15.3 Å². The highest BCUT2D eigenvalue weighted by Crippen LogP contribution is 2.35. The van der Waals surface area contributed by atoms with Crippen LogP contribution in [-0.4, -0.2) is 25.2 Å². The van der Waals surface area contributed by atoms with Crippen LogP contribution in [0.15, 0.2) is 18.2 Å². The molecule has 1 aliphatic heterocycles. The zero-order valence-electron chi connectivity index (χ0n) is 11.7. The fourth-order valence-electron chi connectivity index (χ4n) is 2.94. The molecule has 0 bridgehead atoms. The first-order valence-electron chi connectivity index (χ1n) is 6.77. The van der Waals surface area contributed by atoms with E-state index in [4.69, 9.17) is 0 Å². The summed E-state index contributed by atoms with van der Waals surface area (Å²) in [6, 6.07) is 6.59. The van der Waals surface area contributed by atoms with Gasteiger partial charge in [0.25, 0.3) is 0 Å². The van der Waals surface area contributed by atoms with Crippen molar-refractivity contribution in [2.75, 3.05) is 11.9 Å². The summed E-state index contributed by atoms with van der Waals surface area (Å²) in [4.78, 5) is 2.43. The van der Waals surface area contributed by atoms with Gasteiger partial charge < -0.3 is 10.2 Å². The Bertz CT molecular complexity index is 417. The number of hydrogen-bond acceptors (Lipinski definition) is 2. The van der Waals surface area contributed by atoms with Crippen molar-refractivity contribution in [1.29, 1.82) is 0 Å². The first-order valence-corrected chi connectivity index (χ1v) is 6.77. The highest BCUT2D eigenvalue weighted by atomic mass is 19.1. The maximum absolute atomic E-state index is 13.3. The number of rotatable bonds is 4. The fraction of sp³-hybridized carbons (Fsp3) is 0.600. The third kappa shape index (κ3) is 2.51. The van der Waals surface area contributed by atoms with E-state index in [1.807, 2.05) is 13.1 Å². The third-order valence-electron chi connectivity index (χ3n) is 3.84.